The van der Waals surface area contributed by atoms with Crippen LogP contribution in [0.15, 0.2) is 86.9 Å². The summed E-state index contributed by atoms with van der Waals surface area (Å²) in [5.41, 5.74) is 2.71. The lowest BCUT2D eigenvalue weighted by Gasteiger charge is -2.13. The van der Waals surface area contributed by atoms with E-state index in [4.69, 9.17) is 4.74 Å². The second-order valence-electron chi connectivity index (χ2n) is 6.98. The van der Waals surface area contributed by atoms with E-state index in [-0.39, 0.29) is 18.1 Å². The molecule has 0 fully saturated rings. The van der Waals surface area contributed by atoms with Gasteiger partial charge in [0.25, 0.3) is 0 Å². The molecule has 0 aliphatic carbocycles. The number of Topliss-reactive ketones (excluding diaryl/α,β-unsaturated/α-hetero) is 1. The van der Waals surface area contributed by atoms with Crippen molar-refractivity contribution in [2.24, 2.45) is 0 Å². The van der Waals surface area contributed by atoms with Crippen molar-refractivity contribution >= 4 is 49.4 Å². The number of carbonyl (C=O) groups excluding carboxylic acids is 1. The Morgan fingerprint density at radius 3 is 2.28 bits per heavy atom. The van der Waals surface area contributed by atoms with Gasteiger partial charge < -0.3 is 4.74 Å². The van der Waals surface area contributed by atoms with Gasteiger partial charge in [0.1, 0.15) is 12.4 Å². The zero-order valence-corrected chi connectivity index (χ0v) is 21.2. The molecule has 3 aromatic carbocycles. The number of benzene rings is 3. The number of ketones is 1. The van der Waals surface area contributed by atoms with Crippen molar-refractivity contribution in [1.82, 2.24) is 14.8 Å². The lowest BCUT2D eigenvalue weighted by atomic mass is 10.2. The number of para-hydroxylation sites is 1. The average Bonchev–Trinajstić information content (AvgIpc) is 3.20. The topological polar surface area (TPSA) is 57.0 Å². The van der Waals surface area contributed by atoms with Crippen molar-refractivity contribution in [3.05, 3.63) is 98.7 Å². The Labute approximate surface area is 207 Å². The predicted molar refractivity (Wildman–Crippen MR) is 134 cm³/mol. The van der Waals surface area contributed by atoms with Gasteiger partial charge >= 0.3 is 0 Å². The molecule has 32 heavy (non-hydrogen) atoms. The molecule has 0 atom stereocenters. The van der Waals surface area contributed by atoms with Crippen molar-refractivity contribution < 1.29 is 9.53 Å². The number of halogens is 2. The number of thioether (sulfide) groups is 1. The summed E-state index contributed by atoms with van der Waals surface area (Å²) in [7, 11) is 0. The van der Waals surface area contributed by atoms with E-state index in [1.54, 1.807) is 0 Å². The number of ether oxygens (including phenoxy) is 1. The van der Waals surface area contributed by atoms with Crippen LogP contribution in [0, 0.1) is 6.92 Å². The lowest BCUT2D eigenvalue weighted by molar-refractivity contribution is 0.102. The summed E-state index contributed by atoms with van der Waals surface area (Å²) in [4.78, 5) is 12.7. The lowest BCUT2D eigenvalue weighted by Crippen LogP contribution is -2.09. The minimum atomic E-state index is 0.0366. The second kappa shape index (κ2) is 10.5. The molecule has 8 heteroatoms. The predicted octanol–water partition coefficient (Wildman–Crippen LogP) is 6.65. The van der Waals surface area contributed by atoms with Crippen LogP contribution in [0.25, 0.3) is 5.69 Å². The molecule has 1 aromatic heterocycles. The van der Waals surface area contributed by atoms with Gasteiger partial charge in [-0.15, -0.1) is 10.2 Å². The first-order valence-corrected chi connectivity index (χ1v) is 12.4. The van der Waals surface area contributed by atoms with E-state index in [0.29, 0.717) is 16.5 Å². The van der Waals surface area contributed by atoms with Crippen LogP contribution < -0.4 is 4.74 Å². The number of hydrogen-bond acceptors (Lipinski definition) is 5. The molecule has 0 radical (unpaired) electrons. The van der Waals surface area contributed by atoms with Crippen molar-refractivity contribution in [1.29, 1.82) is 0 Å². The molecule has 0 unspecified atom stereocenters. The summed E-state index contributed by atoms with van der Waals surface area (Å²) >= 11 is 8.20. The maximum atomic E-state index is 12.7. The summed E-state index contributed by atoms with van der Waals surface area (Å²) in [6, 6.07) is 23.0. The van der Waals surface area contributed by atoms with Gasteiger partial charge in [-0.1, -0.05) is 74.0 Å². The quantitative estimate of drug-likeness (QED) is 0.175. The van der Waals surface area contributed by atoms with E-state index < -0.39 is 0 Å². The molecule has 0 amide bonds. The number of carbonyl (C=O) groups is 1. The van der Waals surface area contributed by atoms with E-state index in [9.17, 15) is 4.79 Å². The fourth-order valence-electron chi connectivity index (χ4n) is 3.07. The molecule has 0 N–H and O–H groups in total. The standard InChI is InChI=1S/C24H19Br2N3O2S/c1-16-4-2-3-5-21(16)29-23(14-31-20-12-10-19(26)11-13-20)27-28-24(29)32-15-22(30)17-6-8-18(25)9-7-17/h2-13H,14-15H2,1H3. The third-order valence-corrected chi connectivity index (χ3v) is 6.72. The molecule has 0 bridgehead atoms. The molecular formula is C24H19Br2N3O2S. The van der Waals surface area contributed by atoms with E-state index in [1.165, 1.54) is 11.8 Å². The van der Waals surface area contributed by atoms with Gasteiger partial charge in [-0.2, -0.15) is 0 Å². The molecule has 4 rings (SSSR count). The maximum absolute atomic E-state index is 12.7. The van der Waals surface area contributed by atoms with Crippen molar-refractivity contribution in [3.8, 4) is 11.4 Å². The summed E-state index contributed by atoms with van der Waals surface area (Å²) < 4.78 is 9.84. The molecule has 162 valence electrons. The van der Waals surface area contributed by atoms with Crippen LogP contribution in [0.4, 0.5) is 0 Å². The van der Waals surface area contributed by atoms with Crippen molar-refractivity contribution in [3.63, 3.8) is 0 Å². The highest BCUT2D eigenvalue weighted by atomic mass is 79.9. The first kappa shape index (κ1) is 22.8. The van der Waals surface area contributed by atoms with Gasteiger partial charge in [0, 0.05) is 14.5 Å². The Morgan fingerprint density at radius 2 is 1.59 bits per heavy atom. The van der Waals surface area contributed by atoms with E-state index in [1.807, 2.05) is 84.3 Å². The zero-order chi connectivity index (χ0) is 22.5. The largest absolute Gasteiger partial charge is 0.486 e. The van der Waals surface area contributed by atoms with E-state index >= 15 is 0 Å². The van der Waals surface area contributed by atoms with Gasteiger partial charge in [-0.3, -0.25) is 9.36 Å². The van der Waals surface area contributed by atoms with Gasteiger partial charge in [-0.05, 0) is 55.0 Å². The minimum Gasteiger partial charge on any atom is -0.486 e. The number of nitrogens with zero attached hydrogens (tertiary/aromatic N) is 3. The van der Waals surface area contributed by atoms with Crippen molar-refractivity contribution in [2.45, 2.75) is 18.7 Å². The first-order chi connectivity index (χ1) is 15.5. The highest BCUT2D eigenvalue weighted by Gasteiger charge is 2.18. The third kappa shape index (κ3) is 5.49. The van der Waals surface area contributed by atoms with Crippen molar-refractivity contribution in [2.75, 3.05) is 5.75 Å². The fraction of sp³-hybridized carbons (Fsp3) is 0.125. The maximum Gasteiger partial charge on any atom is 0.196 e. The molecule has 0 aliphatic rings. The summed E-state index contributed by atoms with van der Waals surface area (Å²) in [6.07, 6.45) is 0. The normalized spacial score (nSPS) is 10.8. The third-order valence-electron chi connectivity index (χ3n) is 4.74. The number of hydrogen-bond donors (Lipinski definition) is 0. The summed E-state index contributed by atoms with van der Waals surface area (Å²) in [5, 5.41) is 9.39. The van der Waals surface area contributed by atoms with Crippen LogP contribution in [0.2, 0.25) is 0 Å². The highest BCUT2D eigenvalue weighted by Crippen LogP contribution is 2.26. The molecule has 0 saturated heterocycles. The molecule has 0 spiro atoms. The van der Waals surface area contributed by atoms with Gasteiger partial charge in [0.15, 0.2) is 16.8 Å². The zero-order valence-electron chi connectivity index (χ0n) is 17.2. The molecule has 4 aromatic rings. The number of aromatic nitrogens is 3. The second-order valence-corrected chi connectivity index (χ2v) is 9.76. The van der Waals surface area contributed by atoms with Gasteiger partial charge in [0.2, 0.25) is 0 Å². The Kier molecular flexibility index (Phi) is 7.44. The van der Waals surface area contributed by atoms with Crippen LogP contribution in [0.5, 0.6) is 5.75 Å². The van der Waals surface area contributed by atoms with Crippen LogP contribution in [-0.2, 0) is 6.61 Å². The minimum absolute atomic E-state index is 0.0366. The molecular weight excluding hydrogens is 554 g/mol. The fourth-order valence-corrected chi connectivity index (χ4v) is 4.46. The summed E-state index contributed by atoms with van der Waals surface area (Å²) in [6.45, 7) is 2.29. The SMILES string of the molecule is Cc1ccccc1-n1c(COc2ccc(Br)cc2)nnc1SCC(=O)c1ccc(Br)cc1. The first-order valence-electron chi connectivity index (χ1n) is 9.81. The van der Waals surface area contributed by atoms with E-state index in [0.717, 1.165) is 25.9 Å². The Hall–Kier alpha value is -2.42. The van der Waals surface area contributed by atoms with Crippen LogP contribution in [0.1, 0.15) is 21.7 Å². The highest BCUT2D eigenvalue weighted by molar-refractivity contribution is 9.10. The molecule has 5 nitrogen and oxygen atoms in total. The average molecular weight is 573 g/mol. The number of rotatable bonds is 8. The number of aryl methyl sites for hydroxylation is 1. The van der Waals surface area contributed by atoms with E-state index in [2.05, 4.69) is 42.1 Å². The van der Waals surface area contributed by atoms with Crippen LogP contribution >= 0.6 is 43.6 Å². The molecule has 0 aliphatic heterocycles. The Bertz CT molecular complexity index is 1220. The Balaban J connectivity index is 1.57. The van der Waals surface area contributed by atoms with Gasteiger partial charge in [0.05, 0.1) is 11.4 Å². The smallest absolute Gasteiger partial charge is 0.196 e. The molecule has 0 saturated carbocycles. The van der Waals surface area contributed by atoms with Crippen LogP contribution in [0.3, 0.4) is 0 Å². The Morgan fingerprint density at radius 1 is 0.938 bits per heavy atom. The molecule has 1 heterocycles. The van der Waals surface area contributed by atoms with Crippen LogP contribution in [-0.4, -0.2) is 26.3 Å². The van der Waals surface area contributed by atoms with Gasteiger partial charge in [-0.25, -0.2) is 0 Å². The monoisotopic (exact) mass is 571 g/mol. The summed E-state index contributed by atoms with van der Waals surface area (Å²) in [5.74, 6) is 1.71.